The van der Waals surface area contributed by atoms with E-state index in [2.05, 4.69) is 4.90 Å². The minimum atomic E-state index is -0.0683. The molecule has 0 bridgehead atoms. The van der Waals surface area contributed by atoms with Gasteiger partial charge in [0, 0.05) is 19.7 Å². The van der Waals surface area contributed by atoms with Gasteiger partial charge in [-0.05, 0) is 19.4 Å². The topological polar surface area (TPSA) is 58.7 Å². The van der Waals surface area contributed by atoms with Crippen LogP contribution in [0.3, 0.4) is 0 Å². The second-order valence-electron chi connectivity index (χ2n) is 4.20. The van der Waals surface area contributed by atoms with Crippen LogP contribution in [0.25, 0.3) is 0 Å². The molecule has 0 radical (unpaired) electrons. The summed E-state index contributed by atoms with van der Waals surface area (Å²) in [5, 5.41) is 8.65. The molecule has 0 aromatic carbocycles. The maximum Gasteiger partial charge on any atom is 0.120 e. The molecular formula is C11H22N2O2S. The van der Waals surface area contributed by atoms with Crippen molar-refractivity contribution in [3.05, 3.63) is 0 Å². The van der Waals surface area contributed by atoms with Crippen molar-refractivity contribution in [1.82, 2.24) is 4.90 Å². The van der Waals surface area contributed by atoms with E-state index in [1.165, 1.54) is 12.8 Å². The summed E-state index contributed by atoms with van der Waals surface area (Å²) in [5.74, 6) is 0. The van der Waals surface area contributed by atoms with Crippen molar-refractivity contribution < 1.29 is 9.84 Å². The van der Waals surface area contributed by atoms with Crippen molar-refractivity contribution in [3.8, 4) is 0 Å². The molecule has 0 aromatic heterocycles. The molecule has 94 valence electrons. The molecular weight excluding hydrogens is 224 g/mol. The number of nitrogens with two attached hydrogens (primary N) is 1. The first-order valence-corrected chi connectivity index (χ1v) is 6.39. The van der Waals surface area contributed by atoms with Crippen LogP contribution in [0.1, 0.15) is 25.7 Å². The SMILES string of the molecule is NC(=S)C1CN(CCCCCCO)CCO1. The predicted molar refractivity (Wildman–Crippen MR) is 68.5 cm³/mol. The van der Waals surface area contributed by atoms with Crippen LogP contribution in [0.15, 0.2) is 0 Å². The lowest BCUT2D eigenvalue weighted by Crippen LogP contribution is -2.47. The van der Waals surface area contributed by atoms with Crippen LogP contribution >= 0.6 is 12.2 Å². The van der Waals surface area contributed by atoms with Crippen LogP contribution in [-0.2, 0) is 4.74 Å². The number of thiocarbonyl (C=S) groups is 1. The molecule has 1 fully saturated rings. The lowest BCUT2D eigenvalue weighted by atomic mass is 10.2. The highest BCUT2D eigenvalue weighted by Gasteiger charge is 2.21. The highest BCUT2D eigenvalue weighted by atomic mass is 32.1. The maximum absolute atomic E-state index is 8.65. The number of hydrogen-bond acceptors (Lipinski definition) is 4. The summed E-state index contributed by atoms with van der Waals surface area (Å²) in [5.41, 5.74) is 5.58. The van der Waals surface area contributed by atoms with E-state index in [0.29, 0.717) is 11.6 Å². The Morgan fingerprint density at radius 2 is 2.12 bits per heavy atom. The normalized spacial score (nSPS) is 22.2. The van der Waals surface area contributed by atoms with E-state index in [0.717, 1.165) is 39.1 Å². The van der Waals surface area contributed by atoms with Gasteiger partial charge in [0.25, 0.3) is 0 Å². The minimum Gasteiger partial charge on any atom is -0.396 e. The first kappa shape index (κ1) is 13.8. The first-order chi connectivity index (χ1) is 7.74. The van der Waals surface area contributed by atoms with Crippen molar-refractivity contribution in [3.63, 3.8) is 0 Å². The molecule has 1 unspecified atom stereocenters. The van der Waals surface area contributed by atoms with Crippen LogP contribution in [-0.4, -0.2) is 53.9 Å². The lowest BCUT2D eigenvalue weighted by molar-refractivity contribution is 0.00665. The Morgan fingerprint density at radius 3 is 2.81 bits per heavy atom. The maximum atomic E-state index is 8.65. The van der Waals surface area contributed by atoms with Gasteiger partial charge in [0.15, 0.2) is 0 Å². The average molecular weight is 246 g/mol. The van der Waals surface area contributed by atoms with E-state index in [4.69, 9.17) is 27.8 Å². The standard InChI is InChI=1S/C11H22N2O2S/c12-11(16)10-9-13(6-8-15-10)5-3-1-2-4-7-14/h10,14H,1-9H2,(H2,12,16). The second-order valence-corrected chi connectivity index (χ2v) is 4.67. The number of morpholine rings is 1. The molecule has 1 aliphatic rings. The molecule has 1 aliphatic heterocycles. The number of unbranched alkanes of at least 4 members (excludes halogenated alkanes) is 3. The van der Waals surface area contributed by atoms with Gasteiger partial charge in [0.05, 0.1) is 6.61 Å². The van der Waals surface area contributed by atoms with E-state index in [1.54, 1.807) is 0 Å². The third-order valence-electron chi connectivity index (χ3n) is 2.85. The van der Waals surface area contributed by atoms with Crippen LogP contribution in [0.5, 0.6) is 0 Å². The van der Waals surface area contributed by atoms with Crippen LogP contribution in [0.2, 0.25) is 0 Å². The molecule has 5 heteroatoms. The number of hydrogen-bond donors (Lipinski definition) is 2. The summed E-state index contributed by atoms with van der Waals surface area (Å²) in [6, 6.07) is 0. The third kappa shape index (κ3) is 5.21. The van der Waals surface area contributed by atoms with Crippen LogP contribution in [0.4, 0.5) is 0 Å². The van der Waals surface area contributed by atoms with E-state index in [1.807, 2.05) is 0 Å². The molecule has 0 saturated carbocycles. The highest BCUT2D eigenvalue weighted by Crippen LogP contribution is 2.08. The minimum absolute atomic E-state index is 0.0683. The van der Waals surface area contributed by atoms with E-state index in [-0.39, 0.29) is 6.10 Å². The van der Waals surface area contributed by atoms with Gasteiger partial charge in [-0.15, -0.1) is 0 Å². The molecule has 0 aliphatic carbocycles. The fourth-order valence-electron chi connectivity index (χ4n) is 1.88. The molecule has 0 amide bonds. The number of aliphatic hydroxyl groups is 1. The Labute approximate surface area is 103 Å². The smallest absolute Gasteiger partial charge is 0.120 e. The summed E-state index contributed by atoms with van der Waals surface area (Å²) in [4.78, 5) is 2.82. The Morgan fingerprint density at radius 1 is 1.38 bits per heavy atom. The summed E-state index contributed by atoms with van der Waals surface area (Å²) in [6.45, 7) is 3.90. The molecule has 3 N–H and O–H groups in total. The molecule has 0 spiro atoms. The second kappa shape index (κ2) is 7.95. The van der Waals surface area contributed by atoms with Gasteiger partial charge in [-0.1, -0.05) is 25.1 Å². The zero-order chi connectivity index (χ0) is 11.8. The van der Waals surface area contributed by atoms with Gasteiger partial charge in [-0.3, -0.25) is 4.90 Å². The molecule has 1 atom stereocenters. The van der Waals surface area contributed by atoms with Crippen molar-refractivity contribution in [2.24, 2.45) is 5.73 Å². The van der Waals surface area contributed by atoms with E-state index in [9.17, 15) is 0 Å². The average Bonchev–Trinajstić information content (AvgIpc) is 2.29. The Bertz CT molecular complexity index is 214. The van der Waals surface area contributed by atoms with Gasteiger partial charge in [0.2, 0.25) is 0 Å². The largest absolute Gasteiger partial charge is 0.396 e. The zero-order valence-corrected chi connectivity index (χ0v) is 10.5. The molecule has 4 nitrogen and oxygen atoms in total. The van der Waals surface area contributed by atoms with Crippen molar-refractivity contribution >= 4 is 17.2 Å². The fraction of sp³-hybridized carbons (Fsp3) is 0.909. The van der Waals surface area contributed by atoms with Crippen molar-refractivity contribution in [1.29, 1.82) is 0 Å². The molecule has 1 heterocycles. The highest BCUT2D eigenvalue weighted by molar-refractivity contribution is 7.80. The summed E-state index contributed by atoms with van der Waals surface area (Å²) in [6.07, 6.45) is 4.30. The van der Waals surface area contributed by atoms with Gasteiger partial charge >= 0.3 is 0 Å². The Balaban J connectivity index is 2.10. The molecule has 1 saturated heterocycles. The van der Waals surface area contributed by atoms with Crippen LogP contribution in [0, 0.1) is 0 Å². The number of ether oxygens (including phenoxy) is 1. The third-order valence-corrected chi connectivity index (χ3v) is 3.11. The monoisotopic (exact) mass is 246 g/mol. The molecule has 0 aromatic rings. The molecule has 1 rings (SSSR count). The number of aliphatic hydroxyl groups excluding tert-OH is 1. The summed E-state index contributed by atoms with van der Waals surface area (Å²) < 4.78 is 5.47. The first-order valence-electron chi connectivity index (χ1n) is 5.98. The Hall–Kier alpha value is -0.230. The zero-order valence-electron chi connectivity index (χ0n) is 9.73. The predicted octanol–water partition coefficient (Wildman–Crippen LogP) is 0.526. The van der Waals surface area contributed by atoms with Gasteiger partial charge < -0.3 is 15.6 Å². The summed E-state index contributed by atoms with van der Waals surface area (Å²) >= 11 is 4.94. The van der Waals surface area contributed by atoms with E-state index < -0.39 is 0 Å². The van der Waals surface area contributed by atoms with E-state index >= 15 is 0 Å². The number of nitrogens with zero attached hydrogens (tertiary/aromatic N) is 1. The Kier molecular flexibility index (Phi) is 6.87. The lowest BCUT2D eigenvalue weighted by Gasteiger charge is -2.32. The number of rotatable bonds is 7. The molecule has 16 heavy (non-hydrogen) atoms. The van der Waals surface area contributed by atoms with Gasteiger partial charge in [-0.2, -0.15) is 0 Å². The summed E-state index contributed by atoms with van der Waals surface area (Å²) in [7, 11) is 0. The van der Waals surface area contributed by atoms with Crippen molar-refractivity contribution in [2.45, 2.75) is 31.8 Å². The fourth-order valence-corrected chi connectivity index (χ4v) is 2.02. The van der Waals surface area contributed by atoms with Gasteiger partial charge in [0.1, 0.15) is 11.1 Å². The quantitative estimate of drug-likeness (QED) is 0.507. The van der Waals surface area contributed by atoms with Gasteiger partial charge in [-0.25, -0.2) is 0 Å². The van der Waals surface area contributed by atoms with Crippen LogP contribution < -0.4 is 5.73 Å². The van der Waals surface area contributed by atoms with Crippen molar-refractivity contribution in [2.75, 3.05) is 32.8 Å².